The molecule has 140 valence electrons. The predicted octanol–water partition coefficient (Wildman–Crippen LogP) is 0.831. The van der Waals surface area contributed by atoms with Gasteiger partial charge in [0, 0.05) is 38.3 Å². The van der Waals surface area contributed by atoms with Gasteiger partial charge in [0.15, 0.2) is 0 Å². The number of carbonyl (C=O) groups excluding carboxylic acids is 1. The number of fused-ring (bicyclic) bond motifs is 2. The van der Waals surface area contributed by atoms with Crippen LogP contribution in [0.3, 0.4) is 0 Å². The molecule has 0 saturated carbocycles. The van der Waals surface area contributed by atoms with E-state index in [1.165, 1.54) is 0 Å². The number of nitrogens with zero attached hydrogens (tertiary/aromatic N) is 2. The average Bonchev–Trinajstić information content (AvgIpc) is 2.93. The molecule has 7 nitrogen and oxygen atoms in total. The summed E-state index contributed by atoms with van der Waals surface area (Å²) in [7, 11) is 0. The Morgan fingerprint density at radius 3 is 2.92 bits per heavy atom. The molecule has 2 atom stereocenters. The SMILES string of the molecule is O=C(CN1CCOc2ccccc2C1)N1C[C@@H]2CCOC[C@]2(C(=O)O)C1. The molecule has 7 heteroatoms. The second-order valence-electron chi connectivity index (χ2n) is 7.44. The van der Waals surface area contributed by atoms with Crippen molar-refractivity contribution in [2.75, 3.05) is 46.0 Å². The number of carbonyl (C=O) groups is 2. The van der Waals surface area contributed by atoms with Crippen LogP contribution in [0.15, 0.2) is 24.3 Å². The van der Waals surface area contributed by atoms with Gasteiger partial charge in [-0.3, -0.25) is 14.5 Å². The Balaban J connectivity index is 1.43. The lowest BCUT2D eigenvalue weighted by Gasteiger charge is -2.33. The Hall–Kier alpha value is -2.12. The van der Waals surface area contributed by atoms with Crippen LogP contribution in [0.1, 0.15) is 12.0 Å². The van der Waals surface area contributed by atoms with Crippen LogP contribution in [-0.2, 0) is 20.9 Å². The van der Waals surface area contributed by atoms with Crippen molar-refractivity contribution >= 4 is 11.9 Å². The number of para-hydroxylation sites is 1. The van der Waals surface area contributed by atoms with E-state index in [0.717, 1.165) is 11.3 Å². The maximum atomic E-state index is 12.9. The number of aliphatic carboxylic acids is 1. The summed E-state index contributed by atoms with van der Waals surface area (Å²) in [4.78, 5) is 28.5. The highest BCUT2D eigenvalue weighted by atomic mass is 16.5. The summed E-state index contributed by atoms with van der Waals surface area (Å²) in [6, 6.07) is 7.87. The van der Waals surface area contributed by atoms with E-state index in [-0.39, 0.29) is 31.5 Å². The van der Waals surface area contributed by atoms with Gasteiger partial charge in [0.05, 0.1) is 13.2 Å². The average molecular weight is 360 g/mol. The summed E-state index contributed by atoms with van der Waals surface area (Å²) in [5, 5.41) is 9.72. The number of carboxylic acid groups (broad SMARTS) is 1. The Kier molecular flexibility index (Phi) is 4.58. The third kappa shape index (κ3) is 3.05. The first kappa shape index (κ1) is 17.3. The van der Waals surface area contributed by atoms with Crippen molar-refractivity contribution in [1.29, 1.82) is 0 Å². The Bertz CT molecular complexity index is 709. The quantitative estimate of drug-likeness (QED) is 0.860. The molecule has 3 aliphatic rings. The Labute approximate surface area is 152 Å². The molecular weight excluding hydrogens is 336 g/mol. The third-order valence-electron chi connectivity index (χ3n) is 5.83. The fourth-order valence-electron chi connectivity index (χ4n) is 4.29. The van der Waals surface area contributed by atoms with Gasteiger partial charge in [-0.2, -0.15) is 0 Å². The molecule has 1 N–H and O–H groups in total. The molecule has 1 aromatic rings. The lowest BCUT2D eigenvalue weighted by Crippen LogP contribution is -2.47. The molecule has 0 bridgehead atoms. The Morgan fingerprint density at radius 1 is 1.27 bits per heavy atom. The van der Waals surface area contributed by atoms with Crippen LogP contribution in [0.4, 0.5) is 0 Å². The highest BCUT2D eigenvalue weighted by Gasteiger charge is 2.55. The van der Waals surface area contributed by atoms with Gasteiger partial charge in [-0.1, -0.05) is 18.2 Å². The summed E-state index contributed by atoms with van der Waals surface area (Å²) in [6.07, 6.45) is 0.695. The number of ether oxygens (including phenoxy) is 2. The highest BCUT2D eigenvalue weighted by Crippen LogP contribution is 2.41. The molecule has 0 aliphatic carbocycles. The summed E-state index contributed by atoms with van der Waals surface area (Å²) in [5.74, 6) is -0.0171. The second-order valence-corrected chi connectivity index (χ2v) is 7.44. The summed E-state index contributed by atoms with van der Waals surface area (Å²) in [5.41, 5.74) is 0.130. The van der Waals surface area contributed by atoms with Crippen molar-refractivity contribution in [1.82, 2.24) is 9.80 Å². The number of hydrogen-bond donors (Lipinski definition) is 1. The van der Waals surface area contributed by atoms with Crippen molar-refractivity contribution in [2.45, 2.75) is 13.0 Å². The molecule has 1 amide bonds. The van der Waals surface area contributed by atoms with Crippen molar-refractivity contribution in [3.05, 3.63) is 29.8 Å². The largest absolute Gasteiger partial charge is 0.492 e. The van der Waals surface area contributed by atoms with Gasteiger partial charge in [-0.15, -0.1) is 0 Å². The molecular formula is C19H24N2O5. The summed E-state index contributed by atoms with van der Waals surface area (Å²) in [6.45, 7) is 3.67. The van der Waals surface area contributed by atoms with E-state index in [1.54, 1.807) is 4.90 Å². The van der Waals surface area contributed by atoms with Gasteiger partial charge in [0.1, 0.15) is 17.8 Å². The van der Waals surface area contributed by atoms with Gasteiger partial charge < -0.3 is 19.5 Å². The van der Waals surface area contributed by atoms with E-state index in [1.807, 2.05) is 24.3 Å². The Morgan fingerprint density at radius 2 is 2.12 bits per heavy atom. The first-order chi connectivity index (χ1) is 12.6. The number of rotatable bonds is 3. The van der Waals surface area contributed by atoms with Crippen LogP contribution in [-0.4, -0.2) is 72.8 Å². The highest BCUT2D eigenvalue weighted by molar-refractivity contribution is 5.82. The number of likely N-dealkylation sites (tertiary alicyclic amines) is 1. The minimum Gasteiger partial charge on any atom is -0.492 e. The van der Waals surface area contributed by atoms with Crippen LogP contribution >= 0.6 is 0 Å². The van der Waals surface area contributed by atoms with E-state index >= 15 is 0 Å². The fourth-order valence-corrected chi connectivity index (χ4v) is 4.29. The first-order valence-corrected chi connectivity index (χ1v) is 9.10. The van der Waals surface area contributed by atoms with E-state index in [4.69, 9.17) is 9.47 Å². The smallest absolute Gasteiger partial charge is 0.314 e. The van der Waals surface area contributed by atoms with Gasteiger partial charge in [-0.25, -0.2) is 0 Å². The number of benzene rings is 1. The molecule has 3 heterocycles. The normalized spacial score (nSPS) is 28.6. The van der Waals surface area contributed by atoms with Crippen molar-refractivity contribution in [2.24, 2.45) is 11.3 Å². The van der Waals surface area contributed by atoms with E-state index < -0.39 is 11.4 Å². The second kappa shape index (κ2) is 6.89. The predicted molar refractivity (Wildman–Crippen MR) is 92.8 cm³/mol. The summed E-state index contributed by atoms with van der Waals surface area (Å²) >= 11 is 0. The van der Waals surface area contributed by atoms with Crippen LogP contribution in [0.2, 0.25) is 0 Å². The van der Waals surface area contributed by atoms with Crippen molar-refractivity contribution in [3.8, 4) is 5.75 Å². The minimum absolute atomic E-state index is 0.0144. The number of hydrogen-bond acceptors (Lipinski definition) is 5. The van der Waals surface area contributed by atoms with Crippen molar-refractivity contribution in [3.63, 3.8) is 0 Å². The van der Waals surface area contributed by atoms with Crippen molar-refractivity contribution < 1.29 is 24.2 Å². The third-order valence-corrected chi connectivity index (χ3v) is 5.83. The molecule has 26 heavy (non-hydrogen) atoms. The van der Waals surface area contributed by atoms with E-state index in [9.17, 15) is 14.7 Å². The monoisotopic (exact) mass is 360 g/mol. The number of carboxylic acids is 1. The standard InChI is InChI=1S/C19H24N2O5/c22-17(11-20-6-8-26-16-4-2-1-3-14(16)9-20)21-10-15-5-7-25-13-19(15,12-21)18(23)24/h1-4,15H,5-13H2,(H,23,24)/t15-,19+/m0/s1. The lowest BCUT2D eigenvalue weighted by molar-refractivity contribution is -0.159. The van der Waals surface area contributed by atoms with E-state index in [0.29, 0.717) is 39.3 Å². The van der Waals surface area contributed by atoms with Crippen LogP contribution in [0.25, 0.3) is 0 Å². The first-order valence-electron chi connectivity index (χ1n) is 9.10. The molecule has 3 aliphatic heterocycles. The molecule has 1 aromatic carbocycles. The van der Waals surface area contributed by atoms with Gasteiger partial charge in [0.2, 0.25) is 5.91 Å². The minimum atomic E-state index is -0.942. The molecule has 0 unspecified atom stereocenters. The number of amides is 1. The molecule has 0 spiro atoms. The lowest BCUT2D eigenvalue weighted by atomic mass is 9.76. The molecule has 0 aromatic heterocycles. The van der Waals surface area contributed by atoms with Crippen LogP contribution in [0, 0.1) is 11.3 Å². The topological polar surface area (TPSA) is 79.3 Å². The molecule has 0 radical (unpaired) electrons. The molecule has 4 rings (SSSR count). The van der Waals surface area contributed by atoms with Gasteiger partial charge >= 0.3 is 5.97 Å². The molecule has 2 saturated heterocycles. The van der Waals surface area contributed by atoms with E-state index in [2.05, 4.69) is 4.90 Å². The zero-order chi connectivity index (χ0) is 18.1. The fraction of sp³-hybridized carbons (Fsp3) is 0.579. The zero-order valence-electron chi connectivity index (χ0n) is 14.7. The van der Waals surface area contributed by atoms with Crippen LogP contribution < -0.4 is 4.74 Å². The van der Waals surface area contributed by atoms with Crippen LogP contribution in [0.5, 0.6) is 5.75 Å². The maximum absolute atomic E-state index is 12.9. The maximum Gasteiger partial charge on any atom is 0.314 e. The molecule has 2 fully saturated rings. The van der Waals surface area contributed by atoms with Gasteiger partial charge in [0.25, 0.3) is 0 Å². The van der Waals surface area contributed by atoms with Gasteiger partial charge in [-0.05, 0) is 18.4 Å². The summed E-state index contributed by atoms with van der Waals surface area (Å²) < 4.78 is 11.2. The zero-order valence-corrected chi connectivity index (χ0v) is 14.7.